The van der Waals surface area contributed by atoms with E-state index in [1.54, 1.807) is 7.11 Å². The zero-order chi connectivity index (χ0) is 13.8. The van der Waals surface area contributed by atoms with E-state index in [0.29, 0.717) is 13.2 Å². The van der Waals surface area contributed by atoms with E-state index >= 15 is 0 Å². The van der Waals surface area contributed by atoms with Crippen LogP contribution in [-0.4, -0.2) is 55.6 Å². The lowest BCUT2D eigenvalue weighted by atomic mass is 10.0. The number of rotatable bonds is 4. The number of methoxy groups -OCH3 is 1. The first-order valence-electron chi connectivity index (χ1n) is 6.35. The fraction of sp³-hybridized carbons (Fsp3) is 0.571. The highest BCUT2D eigenvalue weighted by molar-refractivity contribution is 9.10. The molecule has 0 unspecified atom stereocenters. The maximum atomic E-state index is 10.3. The average Bonchev–Trinajstić information content (AvgIpc) is 2.41. The van der Waals surface area contributed by atoms with E-state index in [1.165, 1.54) is 5.56 Å². The monoisotopic (exact) mass is 329 g/mol. The lowest BCUT2D eigenvalue weighted by Crippen LogP contribution is -2.55. The van der Waals surface area contributed by atoms with Crippen LogP contribution < -0.4 is 0 Å². The number of likely N-dealkylation sites (N-methyl/N-ethyl adjacent to an activating group) is 1. The molecule has 0 aromatic heterocycles. The van der Waals surface area contributed by atoms with Crippen molar-refractivity contribution in [1.29, 1.82) is 0 Å². The van der Waals surface area contributed by atoms with Gasteiger partial charge in [-0.15, -0.1) is 0 Å². The van der Waals surface area contributed by atoms with E-state index in [4.69, 9.17) is 9.47 Å². The van der Waals surface area contributed by atoms with Crippen LogP contribution in [0.3, 0.4) is 0 Å². The molecule has 0 aliphatic carbocycles. The highest BCUT2D eigenvalue weighted by Gasteiger charge is 2.35. The summed E-state index contributed by atoms with van der Waals surface area (Å²) < 4.78 is 11.8. The van der Waals surface area contributed by atoms with Crippen molar-refractivity contribution >= 4 is 15.9 Å². The number of ether oxygens (including phenoxy) is 2. The highest BCUT2D eigenvalue weighted by atomic mass is 79.9. The molecule has 19 heavy (non-hydrogen) atoms. The Hall–Kier alpha value is -0.460. The summed E-state index contributed by atoms with van der Waals surface area (Å²) in [6, 6.07) is 8.05. The van der Waals surface area contributed by atoms with Gasteiger partial charge in [-0.25, -0.2) is 0 Å². The minimum Gasteiger partial charge on any atom is -0.389 e. The molecular weight excluding hydrogens is 310 g/mol. The molecule has 5 heteroatoms. The van der Waals surface area contributed by atoms with E-state index in [9.17, 15) is 5.11 Å². The number of aliphatic hydroxyl groups excluding tert-OH is 1. The summed E-state index contributed by atoms with van der Waals surface area (Å²) in [5, 5.41) is 10.3. The van der Waals surface area contributed by atoms with Gasteiger partial charge in [-0.2, -0.15) is 0 Å². The molecule has 3 atom stereocenters. The Morgan fingerprint density at radius 3 is 2.84 bits per heavy atom. The summed E-state index contributed by atoms with van der Waals surface area (Å²) in [4.78, 5) is 2.11. The number of nitrogens with zero attached hydrogens (tertiary/aromatic N) is 1. The number of hydrogen-bond acceptors (Lipinski definition) is 4. The van der Waals surface area contributed by atoms with E-state index in [2.05, 4.69) is 26.9 Å². The topological polar surface area (TPSA) is 41.9 Å². The minimum atomic E-state index is -0.522. The van der Waals surface area contributed by atoms with Gasteiger partial charge < -0.3 is 14.6 Å². The summed E-state index contributed by atoms with van der Waals surface area (Å²) in [7, 11) is 3.60. The largest absolute Gasteiger partial charge is 0.389 e. The number of hydrogen-bond donors (Lipinski definition) is 1. The molecule has 0 saturated carbocycles. The third kappa shape index (κ3) is 3.55. The molecule has 1 aromatic carbocycles. The number of halogens is 1. The molecule has 4 nitrogen and oxygen atoms in total. The molecule has 1 fully saturated rings. The van der Waals surface area contributed by atoms with Crippen molar-refractivity contribution in [2.45, 2.75) is 24.8 Å². The maximum absolute atomic E-state index is 10.3. The van der Waals surface area contributed by atoms with Gasteiger partial charge in [0.2, 0.25) is 0 Å². The first-order chi connectivity index (χ1) is 9.13. The Kier molecular flexibility index (Phi) is 5.36. The van der Waals surface area contributed by atoms with Crippen molar-refractivity contribution in [3.8, 4) is 0 Å². The third-order valence-electron chi connectivity index (χ3n) is 3.59. The first kappa shape index (κ1) is 14.9. The van der Waals surface area contributed by atoms with Crippen LogP contribution in [0.5, 0.6) is 0 Å². The quantitative estimate of drug-likeness (QED) is 0.912. The van der Waals surface area contributed by atoms with Crippen LogP contribution in [0, 0.1) is 0 Å². The summed E-state index contributed by atoms with van der Waals surface area (Å²) in [5.41, 5.74) is 1.19. The summed E-state index contributed by atoms with van der Waals surface area (Å²) in [5.74, 6) is 0. The molecule has 0 amide bonds. The Balaban J connectivity index is 2.03. The lowest BCUT2D eigenvalue weighted by molar-refractivity contribution is -0.142. The Morgan fingerprint density at radius 1 is 1.42 bits per heavy atom. The van der Waals surface area contributed by atoms with Crippen LogP contribution in [0.25, 0.3) is 0 Å². The van der Waals surface area contributed by atoms with Crippen molar-refractivity contribution in [2.24, 2.45) is 0 Å². The fourth-order valence-corrected chi connectivity index (χ4v) is 2.77. The molecule has 0 bridgehead atoms. The van der Waals surface area contributed by atoms with Gasteiger partial charge in [-0.3, -0.25) is 4.90 Å². The SMILES string of the molecule is CO[C@@H]1COC[C@@H](N(C)Cc2ccccc2Br)[C@@H]1O. The van der Waals surface area contributed by atoms with Crippen molar-refractivity contribution in [3.05, 3.63) is 34.3 Å². The highest BCUT2D eigenvalue weighted by Crippen LogP contribution is 2.21. The lowest BCUT2D eigenvalue weighted by Gasteiger charge is -2.39. The summed E-state index contributed by atoms with van der Waals surface area (Å²) in [6.07, 6.45) is -0.772. The smallest absolute Gasteiger partial charge is 0.108 e. The number of benzene rings is 1. The van der Waals surface area contributed by atoms with Crippen molar-refractivity contribution in [3.63, 3.8) is 0 Å². The van der Waals surface area contributed by atoms with Crippen LogP contribution in [0.1, 0.15) is 5.56 Å². The Bertz CT molecular complexity index is 415. The van der Waals surface area contributed by atoms with Gasteiger partial charge in [0, 0.05) is 18.1 Å². The standard InChI is InChI=1S/C14H20BrNO3/c1-16(7-10-5-3-4-6-11(10)15)12-8-19-9-13(18-2)14(12)17/h3-6,12-14,17H,7-9H2,1-2H3/t12-,13-,14+/m1/s1. The van der Waals surface area contributed by atoms with E-state index in [1.807, 2.05) is 25.2 Å². The second-order valence-electron chi connectivity index (χ2n) is 4.88. The van der Waals surface area contributed by atoms with Gasteiger partial charge in [-0.05, 0) is 18.7 Å². The normalized spacial score (nSPS) is 27.7. The van der Waals surface area contributed by atoms with Crippen LogP contribution in [-0.2, 0) is 16.0 Å². The predicted octanol–water partition coefficient (Wildman–Crippen LogP) is 1.66. The van der Waals surface area contributed by atoms with Gasteiger partial charge in [0.1, 0.15) is 12.2 Å². The Labute approximate surface area is 122 Å². The molecule has 2 rings (SSSR count). The molecule has 1 heterocycles. The molecule has 1 aromatic rings. The van der Waals surface area contributed by atoms with Crippen molar-refractivity contribution < 1.29 is 14.6 Å². The van der Waals surface area contributed by atoms with E-state index in [-0.39, 0.29) is 12.1 Å². The zero-order valence-electron chi connectivity index (χ0n) is 11.3. The van der Waals surface area contributed by atoms with Gasteiger partial charge in [0.05, 0.1) is 19.3 Å². The van der Waals surface area contributed by atoms with Gasteiger partial charge >= 0.3 is 0 Å². The van der Waals surface area contributed by atoms with E-state index < -0.39 is 6.10 Å². The zero-order valence-corrected chi connectivity index (χ0v) is 12.8. The first-order valence-corrected chi connectivity index (χ1v) is 7.15. The molecule has 1 aliphatic rings. The molecule has 1 N–H and O–H groups in total. The third-order valence-corrected chi connectivity index (χ3v) is 4.37. The second-order valence-corrected chi connectivity index (χ2v) is 5.73. The molecule has 0 spiro atoms. The predicted molar refractivity (Wildman–Crippen MR) is 77.0 cm³/mol. The van der Waals surface area contributed by atoms with Crippen LogP contribution in [0.15, 0.2) is 28.7 Å². The van der Waals surface area contributed by atoms with Crippen LogP contribution in [0.2, 0.25) is 0 Å². The van der Waals surface area contributed by atoms with Gasteiger partial charge in [0.25, 0.3) is 0 Å². The molecule has 1 aliphatic heterocycles. The molecule has 106 valence electrons. The van der Waals surface area contributed by atoms with Crippen LogP contribution >= 0.6 is 15.9 Å². The van der Waals surface area contributed by atoms with Crippen LogP contribution in [0.4, 0.5) is 0 Å². The van der Waals surface area contributed by atoms with Crippen molar-refractivity contribution in [1.82, 2.24) is 4.90 Å². The summed E-state index contributed by atoms with van der Waals surface area (Å²) in [6.45, 7) is 1.74. The number of aliphatic hydroxyl groups is 1. The maximum Gasteiger partial charge on any atom is 0.108 e. The molecule has 0 radical (unpaired) electrons. The Morgan fingerprint density at radius 2 is 2.16 bits per heavy atom. The second kappa shape index (κ2) is 6.81. The van der Waals surface area contributed by atoms with Gasteiger partial charge in [-0.1, -0.05) is 34.1 Å². The van der Waals surface area contributed by atoms with E-state index in [0.717, 1.165) is 11.0 Å². The summed E-state index contributed by atoms with van der Waals surface area (Å²) >= 11 is 3.54. The van der Waals surface area contributed by atoms with Gasteiger partial charge in [0.15, 0.2) is 0 Å². The molecule has 1 saturated heterocycles. The fourth-order valence-electron chi connectivity index (χ4n) is 2.36. The molecular formula is C14H20BrNO3. The minimum absolute atomic E-state index is 0.0502. The average molecular weight is 330 g/mol. The van der Waals surface area contributed by atoms with Crippen molar-refractivity contribution in [2.75, 3.05) is 27.4 Å².